The van der Waals surface area contributed by atoms with Crippen molar-refractivity contribution in [3.05, 3.63) is 76.7 Å². The molecule has 0 aliphatic carbocycles. The first kappa shape index (κ1) is 17.9. The number of halogens is 1. The Balaban J connectivity index is 1.60. The lowest BCUT2D eigenvalue weighted by atomic mass is 10.1. The molecule has 0 bridgehead atoms. The highest BCUT2D eigenvalue weighted by atomic mass is 32.1. The Morgan fingerprint density at radius 2 is 1.96 bits per heavy atom. The van der Waals surface area contributed by atoms with E-state index in [0.717, 1.165) is 34.7 Å². The lowest BCUT2D eigenvalue weighted by Crippen LogP contribution is -2.14. The first-order valence-electron chi connectivity index (χ1n) is 9.03. The van der Waals surface area contributed by atoms with Gasteiger partial charge >= 0.3 is 0 Å². The Morgan fingerprint density at radius 1 is 1.11 bits per heavy atom. The van der Waals surface area contributed by atoms with Crippen LogP contribution >= 0.6 is 11.3 Å². The molecule has 2 aromatic carbocycles. The van der Waals surface area contributed by atoms with E-state index in [1.54, 1.807) is 17.4 Å². The van der Waals surface area contributed by atoms with Crippen LogP contribution in [0, 0.1) is 5.82 Å². The van der Waals surface area contributed by atoms with Crippen molar-refractivity contribution in [1.82, 2.24) is 14.9 Å². The fourth-order valence-electron chi connectivity index (χ4n) is 3.22. The summed E-state index contributed by atoms with van der Waals surface area (Å²) in [6.45, 7) is 1.02. The summed E-state index contributed by atoms with van der Waals surface area (Å²) in [6.07, 6.45) is 3.62. The van der Waals surface area contributed by atoms with Crippen molar-refractivity contribution >= 4 is 22.2 Å². The van der Waals surface area contributed by atoms with Crippen LogP contribution in [0.1, 0.15) is 16.8 Å². The molecule has 4 aromatic rings. The van der Waals surface area contributed by atoms with Crippen molar-refractivity contribution < 1.29 is 4.39 Å². The van der Waals surface area contributed by atoms with Gasteiger partial charge in [0.2, 0.25) is 0 Å². The number of aromatic nitrogens is 2. The highest BCUT2D eigenvalue weighted by molar-refractivity contribution is 7.13. The van der Waals surface area contributed by atoms with Gasteiger partial charge in [-0.05, 0) is 55.9 Å². The summed E-state index contributed by atoms with van der Waals surface area (Å²) in [4.78, 5) is 10.3. The summed E-state index contributed by atoms with van der Waals surface area (Å²) in [5.41, 5.74) is 5.17. The molecule has 0 spiro atoms. The maximum Gasteiger partial charge on any atom is 0.126 e. The third kappa shape index (κ3) is 3.94. The molecule has 0 atom stereocenters. The van der Waals surface area contributed by atoms with E-state index in [4.69, 9.17) is 4.98 Å². The van der Waals surface area contributed by atoms with Gasteiger partial charge in [-0.3, -0.25) is 0 Å². The first-order chi connectivity index (χ1) is 13.1. The summed E-state index contributed by atoms with van der Waals surface area (Å²) in [5, 5.41) is 4.25. The Hall–Kier alpha value is -2.50. The number of aromatic amines is 1. The fourth-order valence-corrected chi connectivity index (χ4v) is 4.04. The minimum atomic E-state index is -0.175. The smallest absolute Gasteiger partial charge is 0.126 e. The van der Waals surface area contributed by atoms with Crippen LogP contribution in [-0.4, -0.2) is 35.5 Å². The Morgan fingerprint density at radius 3 is 2.78 bits per heavy atom. The summed E-state index contributed by atoms with van der Waals surface area (Å²) in [7, 11) is 4.18. The van der Waals surface area contributed by atoms with Gasteiger partial charge in [-0.1, -0.05) is 18.2 Å². The standard InChI is InChI=1S/C22H22FN3S/c1-26(2)10-9-17-13-24-21-8-7-16(12-19(17)21)22-25-18(14-27-22)11-15-5-3-4-6-20(15)23/h3-8,12-14,24H,9-11H2,1-2H3. The Bertz CT molecular complexity index is 1060. The van der Waals surface area contributed by atoms with Crippen molar-refractivity contribution in [1.29, 1.82) is 0 Å². The van der Waals surface area contributed by atoms with Gasteiger partial charge in [0.05, 0.1) is 5.69 Å². The number of nitrogens with zero attached hydrogens (tertiary/aromatic N) is 2. The van der Waals surface area contributed by atoms with Crippen molar-refractivity contribution in [2.24, 2.45) is 0 Å². The summed E-state index contributed by atoms with van der Waals surface area (Å²) in [6, 6.07) is 13.3. The van der Waals surface area contributed by atoms with Crippen LogP contribution in [0.5, 0.6) is 0 Å². The molecule has 2 aromatic heterocycles. The molecule has 4 rings (SSSR count). The lowest BCUT2D eigenvalue weighted by molar-refractivity contribution is 0.414. The van der Waals surface area contributed by atoms with Crippen molar-refractivity contribution in [2.75, 3.05) is 20.6 Å². The molecule has 0 aliphatic heterocycles. The third-order valence-electron chi connectivity index (χ3n) is 4.72. The van der Waals surface area contributed by atoms with E-state index in [2.05, 4.69) is 48.4 Å². The number of thiazole rings is 1. The van der Waals surface area contributed by atoms with E-state index in [-0.39, 0.29) is 5.82 Å². The quantitative estimate of drug-likeness (QED) is 0.504. The zero-order valence-electron chi connectivity index (χ0n) is 15.5. The number of nitrogens with one attached hydrogen (secondary N) is 1. The Kier molecular flexibility index (Phi) is 5.05. The molecule has 0 saturated heterocycles. The Labute approximate surface area is 162 Å². The molecule has 0 saturated carbocycles. The molecule has 0 fully saturated rings. The van der Waals surface area contributed by atoms with Gasteiger partial charge in [0.25, 0.3) is 0 Å². The number of hydrogen-bond donors (Lipinski definition) is 1. The molecule has 0 aliphatic rings. The fraction of sp³-hybridized carbons (Fsp3) is 0.227. The molecule has 27 heavy (non-hydrogen) atoms. The van der Waals surface area contributed by atoms with Crippen molar-refractivity contribution in [2.45, 2.75) is 12.8 Å². The highest BCUT2D eigenvalue weighted by Gasteiger charge is 2.11. The summed E-state index contributed by atoms with van der Waals surface area (Å²) in [5.74, 6) is -0.175. The minimum Gasteiger partial charge on any atom is -0.361 e. The van der Waals surface area contributed by atoms with Crippen LogP contribution in [0.3, 0.4) is 0 Å². The highest BCUT2D eigenvalue weighted by Crippen LogP contribution is 2.29. The second-order valence-electron chi connectivity index (χ2n) is 7.04. The van der Waals surface area contributed by atoms with Crippen LogP contribution in [-0.2, 0) is 12.8 Å². The van der Waals surface area contributed by atoms with E-state index >= 15 is 0 Å². The molecule has 138 valence electrons. The van der Waals surface area contributed by atoms with Crippen molar-refractivity contribution in [3.8, 4) is 10.6 Å². The van der Waals surface area contributed by atoms with E-state index < -0.39 is 0 Å². The molecule has 0 radical (unpaired) electrons. The summed E-state index contributed by atoms with van der Waals surface area (Å²) < 4.78 is 13.9. The average Bonchev–Trinajstić information content (AvgIpc) is 3.28. The van der Waals surface area contributed by atoms with E-state index in [9.17, 15) is 4.39 Å². The maximum absolute atomic E-state index is 13.9. The SMILES string of the molecule is CN(C)CCc1c[nH]c2ccc(-c3nc(Cc4ccccc4F)cs3)cc12. The van der Waals surface area contributed by atoms with Gasteiger partial charge in [-0.2, -0.15) is 0 Å². The van der Waals surface area contributed by atoms with Gasteiger partial charge in [0.1, 0.15) is 10.8 Å². The molecule has 0 amide bonds. The van der Waals surface area contributed by atoms with Crippen LogP contribution < -0.4 is 0 Å². The van der Waals surface area contributed by atoms with Crippen LogP contribution in [0.25, 0.3) is 21.5 Å². The minimum absolute atomic E-state index is 0.175. The van der Waals surface area contributed by atoms with Gasteiger partial charge in [-0.25, -0.2) is 9.37 Å². The monoisotopic (exact) mass is 379 g/mol. The zero-order chi connectivity index (χ0) is 18.8. The van der Waals surface area contributed by atoms with E-state index in [1.807, 2.05) is 17.5 Å². The number of H-pyrrole nitrogens is 1. The predicted octanol–water partition coefficient (Wildman–Crippen LogP) is 5.13. The number of fused-ring (bicyclic) bond motifs is 1. The zero-order valence-corrected chi connectivity index (χ0v) is 16.3. The summed E-state index contributed by atoms with van der Waals surface area (Å²) >= 11 is 1.61. The number of likely N-dealkylation sites (N-methyl/N-ethyl adjacent to an activating group) is 1. The van der Waals surface area contributed by atoms with Gasteiger partial charge in [-0.15, -0.1) is 11.3 Å². The molecule has 2 heterocycles. The van der Waals surface area contributed by atoms with Gasteiger partial charge < -0.3 is 9.88 Å². The maximum atomic E-state index is 13.9. The van der Waals surface area contributed by atoms with E-state index in [0.29, 0.717) is 12.0 Å². The second-order valence-corrected chi connectivity index (χ2v) is 7.90. The van der Waals surface area contributed by atoms with Crippen LogP contribution in [0.2, 0.25) is 0 Å². The molecular weight excluding hydrogens is 357 g/mol. The van der Waals surface area contributed by atoms with Gasteiger partial charge in [0, 0.05) is 41.0 Å². The second kappa shape index (κ2) is 7.62. The number of rotatable bonds is 6. The van der Waals surface area contributed by atoms with Crippen molar-refractivity contribution in [3.63, 3.8) is 0 Å². The average molecular weight is 380 g/mol. The van der Waals surface area contributed by atoms with Crippen LogP contribution in [0.4, 0.5) is 4.39 Å². The molecule has 0 unspecified atom stereocenters. The largest absolute Gasteiger partial charge is 0.361 e. The first-order valence-corrected chi connectivity index (χ1v) is 9.91. The number of benzene rings is 2. The van der Waals surface area contributed by atoms with E-state index in [1.165, 1.54) is 17.0 Å². The molecular formula is C22H22FN3S. The topological polar surface area (TPSA) is 31.9 Å². The molecule has 1 N–H and O–H groups in total. The molecule has 3 nitrogen and oxygen atoms in total. The normalized spacial score (nSPS) is 11.6. The lowest BCUT2D eigenvalue weighted by Gasteiger charge is -2.08. The third-order valence-corrected chi connectivity index (χ3v) is 5.66. The number of hydrogen-bond acceptors (Lipinski definition) is 3. The molecule has 5 heteroatoms. The predicted molar refractivity (Wildman–Crippen MR) is 111 cm³/mol. The van der Waals surface area contributed by atoms with Gasteiger partial charge in [0.15, 0.2) is 0 Å². The van der Waals surface area contributed by atoms with Crippen LogP contribution in [0.15, 0.2) is 54.0 Å².